The molecule has 0 spiro atoms. The third-order valence-corrected chi connectivity index (χ3v) is 2.05. The molecule has 0 bridgehead atoms. The SMILES string of the molecule is Oc1ccccc1[C@@H]1C[C@H]1F. The molecule has 0 saturated heterocycles. The van der Waals surface area contributed by atoms with Gasteiger partial charge in [0.05, 0.1) is 0 Å². The first-order chi connectivity index (χ1) is 5.29. The van der Waals surface area contributed by atoms with Crippen LogP contribution in [0.1, 0.15) is 17.9 Å². The number of benzene rings is 1. The molecule has 1 N–H and O–H groups in total. The topological polar surface area (TPSA) is 20.2 Å². The van der Waals surface area contributed by atoms with Crippen molar-refractivity contribution >= 4 is 0 Å². The number of phenolic OH excluding ortho intramolecular Hbond substituents is 1. The maximum Gasteiger partial charge on any atom is 0.119 e. The van der Waals surface area contributed by atoms with Crippen molar-refractivity contribution in [3.63, 3.8) is 0 Å². The van der Waals surface area contributed by atoms with Crippen LogP contribution in [-0.2, 0) is 0 Å². The van der Waals surface area contributed by atoms with Crippen molar-refractivity contribution in [3.05, 3.63) is 29.8 Å². The second-order valence-corrected chi connectivity index (χ2v) is 2.92. The Kier molecular flexibility index (Phi) is 1.34. The van der Waals surface area contributed by atoms with Crippen molar-refractivity contribution in [1.82, 2.24) is 0 Å². The molecule has 1 aromatic carbocycles. The molecule has 0 aliphatic heterocycles. The van der Waals surface area contributed by atoms with Gasteiger partial charge in [-0.2, -0.15) is 0 Å². The second-order valence-electron chi connectivity index (χ2n) is 2.92. The summed E-state index contributed by atoms with van der Waals surface area (Å²) >= 11 is 0. The van der Waals surface area contributed by atoms with E-state index < -0.39 is 6.17 Å². The molecule has 2 rings (SSSR count). The average Bonchev–Trinajstić information content (AvgIpc) is 2.68. The summed E-state index contributed by atoms with van der Waals surface area (Å²) in [5.41, 5.74) is 0.750. The number of para-hydroxylation sites is 1. The normalized spacial score (nSPS) is 28.5. The summed E-state index contributed by atoms with van der Waals surface area (Å²) in [4.78, 5) is 0. The fraction of sp³-hybridized carbons (Fsp3) is 0.333. The van der Waals surface area contributed by atoms with Gasteiger partial charge >= 0.3 is 0 Å². The van der Waals surface area contributed by atoms with Crippen LogP contribution in [0, 0.1) is 0 Å². The molecular weight excluding hydrogens is 143 g/mol. The fourth-order valence-electron chi connectivity index (χ4n) is 1.29. The van der Waals surface area contributed by atoms with E-state index in [9.17, 15) is 9.50 Å². The molecule has 0 unspecified atom stereocenters. The van der Waals surface area contributed by atoms with Gasteiger partial charge in [0.25, 0.3) is 0 Å². The lowest BCUT2D eigenvalue weighted by atomic mass is 10.1. The molecule has 2 atom stereocenters. The Morgan fingerprint density at radius 1 is 1.36 bits per heavy atom. The zero-order valence-electron chi connectivity index (χ0n) is 6.00. The third-order valence-electron chi connectivity index (χ3n) is 2.05. The van der Waals surface area contributed by atoms with Crippen LogP contribution in [-0.4, -0.2) is 11.3 Å². The highest BCUT2D eigenvalue weighted by atomic mass is 19.1. The van der Waals surface area contributed by atoms with E-state index in [0.717, 1.165) is 5.56 Å². The Morgan fingerprint density at radius 3 is 2.55 bits per heavy atom. The van der Waals surface area contributed by atoms with Gasteiger partial charge in [0.15, 0.2) is 0 Å². The first-order valence-electron chi connectivity index (χ1n) is 3.71. The average molecular weight is 152 g/mol. The van der Waals surface area contributed by atoms with E-state index in [4.69, 9.17) is 0 Å². The maximum absolute atomic E-state index is 12.5. The largest absolute Gasteiger partial charge is 0.508 e. The zero-order chi connectivity index (χ0) is 7.84. The smallest absolute Gasteiger partial charge is 0.119 e. The van der Waals surface area contributed by atoms with Gasteiger partial charge in [0, 0.05) is 5.92 Å². The number of alkyl halides is 1. The molecule has 0 amide bonds. The minimum Gasteiger partial charge on any atom is -0.508 e. The van der Waals surface area contributed by atoms with Crippen LogP contribution < -0.4 is 0 Å². The summed E-state index contributed by atoms with van der Waals surface area (Å²) in [7, 11) is 0. The summed E-state index contributed by atoms with van der Waals surface area (Å²) in [6.07, 6.45) is -0.166. The van der Waals surface area contributed by atoms with Crippen LogP contribution in [0.5, 0.6) is 5.75 Å². The van der Waals surface area contributed by atoms with Crippen LogP contribution in [0.25, 0.3) is 0 Å². The van der Waals surface area contributed by atoms with E-state index in [-0.39, 0.29) is 11.7 Å². The van der Waals surface area contributed by atoms with Gasteiger partial charge in [0.1, 0.15) is 11.9 Å². The number of halogens is 1. The highest BCUT2D eigenvalue weighted by Gasteiger charge is 2.39. The first-order valence-corrected chi connectivity index (χ1v) is 3.71. The molecule has 0 aromatic heterocycles. The van der Waals surface area contributed by atoms with Crippen LogP contribution in [0.3, 0.4) is 0 Å². The molecule has 0 heterocycles. The van der Waals surface area contributed by atoms with Crippen molar-refractivity contribution in [2.24, 2.45) is 0 Å². The highest BCUT2D eigenvalue weighted by molar-refractivity contribution is 5.38. The van der Waals surface area contributed by atoms with Crippen LogP contribution >= 0.6 is 0 Å². The molecule has 1 aliphatic carbocycles. The van der Waals surface area contributed by atoms with Gasteiger partial charge in [-0.25, -0.2) is 4.39 Å². The van der Waals surface area contributed by atoms with E-state index in [1.54, 1.807) is 18.2 Å². The minimum absolute atomic E-state index is 0.0452. The fourth-order valence-corrected chi connectivity index (χ4v) is 1.29. The van der Waals surface area contributed by atoms with Crippen LogP contribution in [0.4, 0.5) is 4.39 Å². The number of rotatable bonds is 1. The Morgan fingerprint density at radius 2 is 2.00 bits per heavy atom. The number of aromatic hydroxyl groups is 1. The van der Waals surface area contributed by atoms with Crippen molar-refractivity contribution in [2.45, 2.75) is 18.5 Å². The Bertz CT molecular complexity index is 272. The maximum atomic E-state index is 12.5. The van der Waals surface area contributed by atoms with Gasteiger partial charge in [-0.15, -0.1) is 0 Å². The van der Waals surface area contributed by atoms with Crippen molar-refractivity contribution in [2.75, 3.05) is 0 Å². The molecule has 1 aromatic rings. The summed E-state index contributed by atoms with van der Waals surface area (Å²) < 4.78 is 12.5. The van der Waals surface area contributed by atoms with E-state index in [2.05, 4.69) is 0 Å². The second kappa shape index (κ2) is 2.22. The molecule has 1 fully saturated rings. The van der Waals surface area contributed by atoms with Crippen LogP contribution in [0.2, 0.25) is 0 Å². The standard InChI is InChI=1S/C9H9FO/c10-8-5-7(8)6-3-1-2-4-9(6)11/h1-4,7-8,11H,5H2/t7-,8+/m0/s1. The van der Waals surface area contributed by atoms with Gasteiger partial charge in [0.2, 0.25) is 0 Å². The first kappa shape index (κ1) is 6.65. The van der Waals surface area contributed by atoms with E-state index in [0.29, 0.717) is 6.42 Å². The lowest BCUT2D eigenvalue weighted by Gasteiger charge is -1.99. The molecule has 58 valence electrons. The molecule has 1 nitrogen and oxygen atoms in total. The van der Waals surface area contributed by atoms with E-state index in [1.165, 1.54) is 0 Å². The molecule has 0 radical (unpaired) electrons. The van der Waals surface area contributed by atoms with E-state index in [1.807, 2.05) is 6.07 Å². The zero-order valence-corrected chi connectivity index (χ0v) is 6.00. The van der Waals surface area contributed by atoms with Gasteiger partial charge < -0.3 is 5.11 Å². The predicted octanol–water partition coefficient (Wildman–Crippen LogP) is 2.22. The monoisotopic (exact) mass is 152 g/mol. The molecular formula is C9H9FO. The Hall–Kier alpha value is -1.05. The molecule has 11 heavy (non-hydrogen) atoms. The van der Waals surface area contributed by atoms with Crippen molar-refractivity contribution < 1.29 is 9.50 Å². The van der Waals surface area contributed by atoms with Gasteiger partial charge in [-0.1, -0.05) is 18.2 Å². The lowest BCUT2D eigenvalue weighted by Crippen LogP contribution is -1.82. The van der Waals surface area contributed by atoms with Crippen molar-refractivity contribution in [1.29, 1.82) is 0 Å². The summed E-state index contributed by atoms with van der Waals surface area (Å²) in [6.45, 7) is 0. The minimum atomic E-state index is -0.733. The molecule has 2 heteroatoms. The quantitative estimate of drug-likeness (QED) is 0.654. The Balaban J connectivity index is 2.31. The molecule has 1 aliphatic rings. The summed E-state index contributed by atoms with van der Waals surface area (Å²) in [5, 5.41) is 9.27. The third kappa shape index (κ3) is 1.09. The van der Waals surface area contributed by atoms with Crippen LogP contribution in [0.15, 0.2) is 24.3 Å². The Labute approximate surface area is 64.5 Å². The van der Waals surface area contributed by atoms with E-state index >= 15 is 0 Å². The van der Waals surface area contributed by atoms with Gasteiger partial charge in [-0.3, -0.25) is 0 Å². The van der Waals surface area contributed by atoms with Gasteiger partial charge in [-0.05, 0) is 18.1 Å². The van der Waals surface area contributed by atoms with Crippen molar-refractivity contribution in [3.8, 4) is 5.75 Å². The number of phenols is 1. The highest BCUT2D eigenvalue weighted by Crippen LogP contribution is 2.46. The summed E-state index contributed by atoms with van der Waals surface area (Å²) in [6, 6.07) is 6.94. The molecule has 1 saturated carbocycles. The summed E-state index contributed by atoms with van der Waals surface area (Å²) in [5.74, 6) is 0.175. The predicted molar refractivity (Wildman–Crippen MR) is 40.4 cm³/mol. The lowest BCUT2D eigenvalue weighted by molar-refractivity contribution is 0.449. The number of hydrogen-bond acceptors (Lipinski definition) is 1. The number of hydrogen-bond donors (Lipinski definition) is 1.